The number of aromatic nitrogens is 1. The lowest BCUT2D eigenvalue weighted by molar-refractivity contribution is -0.119. The number of fused-ring (bicyclic) bond motifs is 2. The van der Waals surface area contributed by atoms with E-state index in [4.69, 9.17) is 20.9 Å². The van der Waals surface area contributed by atoms with Gasteiger partial charge in [0.25, 0.3) is 0 Å². The second-order valence-corrected chi connectivity index (χ2v) is 13.4. The molecule has 218 valence electrons. The fourth-order valence-corrected chi connectivity index (χ4v) is 6.87. The number of hydrogen-bond donors (Lipinski definition) is 1. The van der Waals surface area contributed by atoms with Gasteiger partial charge in [0.15, 0.2) is 0 Å². The molecule has 12 heteroatoms. The molecule has 1 aliphatic heterocycles. The Kier molecular flexibility index (Phi) is 7.54. The Labute approximate surface area is 242 Å². The van der Waals surface area contributed by atoms with Gasteiger partial charge in [-0.3, -0.25) is 9.52 Å². The average Bonchev–Trinajstić information content (AvgIpc) is 3.36. The van der Waals surface area contributed by atoms with E-state index in [0.29, 0.717) is 23.5 Å². The highest BCUT2D eigenvalue weighted by Crippen LogP contribution is 2.47. The van der Waals surface area contributed by atoms with Crippen molar-refractivity contribution in [2.24, 2.45) is 5.92 Å². The van der Waals surface area contributed by atoms with Crippen LogP contribution in [0.25, 0.3) is 11.3 Å². The van der Waals surface area contributed by atoms with Crippen molar-refractivity contribution in [3.63, 3.8) is 0 Å². The molecule has 1 saturated heterocycles. The van der Waals surface area contributed by atoms with E-state index in [1.807, 2.05) is 4.72 Å². The summed E-state index contributed by atoms with van der Waals surface area (Å²) in [5, 5.41) is 4.46. The van der Waals surface area contributed by atoms with Gasteiger partial charge in [-0.25, -0.2) is 17.2 Å². The van der Waals surface area contributed by atoms with E-state index in [0.717, 1.165) is 43.3 Å². The number of anilines is 1. The summed E-state index contributed by atoms with van der Waals surface area (Å²) < 4.78 is 66.2. The quantitative estimate of drug-likeness (QED) is 0.333. The number of amides is 1. The van der Waals surface area contributed by atoms with Crippen molar-refractivity contribution in [3.05, 3.63) is 69.9 Å². The van der Waals surface area contributed by atoms with E-state index < -0.39 is 21.7 Å². The van der Waals surface area contributed by atoms with Crippen LogP contribution in [0.3, 0.4) is 0 Å². The number of ether oxygens (including phenoxy) is 1. The Bertz CT molecular complexity index is 1570. The van der Waals surface area contributed by atoms with Gasteiger partial charge in [0.1, 0.15) is 23.1 Å². The summed E-state index contributed by atoms with van der Waals surface area (Å²) in [6.45, 7) is 0.882. The van der Waals surface area contributed by atoms with Gasteiger partial charge in [0.2, 0.25) is 15.9 Å². The third-order valence-electron chi connectivity index (χ3n) is 8.15. The maximum atomic E-state index is 15.1. The molecule has 2 heterocycles. The average molecular weight is 606 g/mol. The largest absolute Gasteiger partial charge is 0.373 e. The molecule has 1 amide bonds. The fraction of sp³-hybridized carbons (Fsp3) is 0.448. The van der Waals surface area contributed by atoms with Gasteiger partial charge in [-0.2, -0.15) is 0 Å². The summed E-state index contributed by atoms with van der Waals surface area (Å²) in [7, 11) is -3.62. The molecule has 2 saturated carbocycles. The number of nitrogens with zero attached hydrogens (tertiary/aromatic N) is 2. The second-order valence-electron chi connectivity index (χ2n) is 11.2. The molecule has 1 N–H and O–H groups in total. The highest BCUT2D eigenvalue weighted by atomic mass is 35.5. The number of aryl methyl sites for hydroxylation is 1. The van der Waals surface area contributed by atoms with E-state index in [1.165, 1.54) is 12.1 Å². The maximum absolute atomic E-state index is 15.1. The number of piperidine rings is 1. The SMILES string of the molecule is CS(=O)(=O)NC(=O)CCc1ccc(N2C[C@@H]3C[C@H]2C[C@H]3OCc2c(-c3c(F)cccc3Cl)noc2C2CC2)c(F)c1. The first-order chi connectivity index (χ1) is 19.6. The normalized spacial score (nSPS) is 22.0. The molecule has 3 fully saturated rings. The van der Waals surface area contributed by atoms with Gasteiger partial charge in [0, 0.05) is 36.4 Å². The predicted octanol–water partition coefficient (Wildman–Crippen LogP) is 5.34. The van der Waals surface area contributed by atoms with Crippen LogP contribution in [-0.2, 0) is 32.6 Å². The minimum absolute atomic E-state index is 0.0298. The Hall–Kier alpha value is -3.02. The lowest BCUT2D eigenvalue weighted by atomic mass is 10.0. The van der Waals surface area contributed by atoms with Crippen molar-refractivity contribution in [2.75, 3.05) is 17.7 Å². The zero-order valence-corrected chi connectivity index (χ0v) is 24.0. The summed E-state index contributed by atoms with van der Waals surface area (Å²) >= 11 is 6.33. The topological polar surface area (TPSA) is 102 Å². The summed E-state index contributed by atoms with van der Waals surface area (Å²) in [4.78, 5) is 13.8. The molecule has 1 aromatic heterocycles. The number of halogens is 3. The first kappa shape index (κ1) is 28.1. The van der Waals surface area contributed by atoms with Crippen LogP contribution in [-0.4, -0.2) is 44.4 Å². The Morgan fingerprint density at radius 3 is 2.66 bits per heavy atom. The zero-order valence-electron chi connectivity index (χ0n) is 22.4. The molecular weight excluding hydrogens is 576 g/mol. The number of carbonyl (C=O) groups is 1. The summed E-state index contributed by atoms with van der Waals surface area (Å²) in [6, 6.07) is 9.55. The van der Waals surface area contributed by atoms with Gasteiger partial charge in [-0.1, -0.05) is 28.9 Å². The van der Waals surface area contributed by atoms with Crippen molar-refractivity contribution in [1.82, 2.24) is 9.88 Å². The van der Waals surface area contributed by atoms with Gasteiger partial charge in [0.05, 0.1) is 35.2 Å². The smallest absolute Gasteiger partial charge is 0.233 e. The van der Waals surface area contributed by atoms with Gasteiger partial charge in [-0.15, -0.1) is 0 Å². The molecule has 2 aromatic carbocycles. The maximum Gasteiger partial charge on any atom is 0.233 e. The van der Waals surface area contributed by atoms with Crippen molar-refractivity contribution in [1.29, 1.82) is 0 Å². The number of hydrogen-bond acceptors (Lipinski definition) is 7. The number of carbonyl (C=O) groups excluding carboxylic acids is 1. The Balaban J connectivity index is 1.10. The van der Waals surface area contributed by atoms with E-state index in [1.54, 1.807) is 24.3 Å². The Morgan fingerprint density at radius 1 is 1.20 bits per heavy atom. The predicted molar refractivity (Wildman–Crippen MR) is 149 cm³/mol. The van der Waals surface area contributed by atoms with Gasteiger partial charge in [-0.05, 0) is 61.9 Å². The first-order valence-corrected chi connectivity index (χ1v) is 15.9. The van der Waals surface area contributed by atoms with Crippen LogP contribution < -0.4 is 9.62 Å². The lowest BCUT2D eigenvalue weighted by Gasteiger charge is -2.33. The number of benzene rings is 2. The van der Waals surface area contributed by atoms with Crippen LogP contribution in [0, 0.1) is 17.6 Å². The summed E-state index contributed by atoms with van der Waals surface area (Å²) in [5.41, 5.74) is 2.47. The minimum atomic E-state index is -3.62. The molecule has 3 aromatic rings. The van der Waals surface area contributed by atoms with E-state index >= 15 is 4.39 Å². The van der Waals surface area contributed by atoms with Crippen molar-refractivity contribution < 1.29 is 31.3 Å². The van der Waals surface area contributed by atoms with Crippen LogP contribution in [0.5, 0.6) is 0 Å². The first-order valence-electron chi connectivity index (χ1n) is 13.7. The van der Waals surface area contributed by atoms with Crippen LogP contribution in [0.2, 0.25) is 5.02 Å². The molecule has 0 unspecified atom stereocenters. The van der Waals surface area contributed by atoms with Crippen LogP contribution in [0.1, 0.15) is 54.9 Å². The van der Waals surface area contributed by atoms with E-state index in [-0.39, 0.29) is 59.8 Å². The van der Waals surface area contributed by atoms with Crippen molar-refractivity contribution in [3.8, 4) is 11.3 Å². The van der Waals surface area contributed by atoms with Crippen molar-refractivity contribution >= 4 is 33.2 Å². The zero-order chi connectivity index (χ0) is 28.9. The van der Waals surface area contributed by atoms with Crippen molar-refractivity contribution in [2.45, 2.75) is 63.2 Å². The molecule has 2 bridgehead atoms. The van der Waals surface area contributed by atoms with Gasteiger partial charge >= 0.3 is 0 Å². The van der Waals surface area contributed by atoms with E-state index in [9.17, 15) is 17.6 Å². The van der Waals surface area contributed by atoms with E-state index in [2.05, 4.69) is 10.1 Å². The summed E-state index contributed by atoms with van der Waals surface area (Å²) in [5.74, 6) is -0.255. The number of nitrogens with one attached hydrogen (secondary N) is 1. The van der Waals surface area contributed by atoms with Gasteiger partial charge < -0.3 is 14.2 Å². The van der Waals surface area contributed by atoms with Crippen LogP contribution in [0.4, 0.5) is 14.5 Å². The van der Waals surface area contributed by atoms with Crippen LogP contribution >= 0.6 is 11.6 Å². The Morgan fingerprint density at radius 2 is 2.00 bits per heavy atom. The monoisotopic (exact) mass is 605 g/mol. The van der Waals surface area contributed by atoms with Crippen LogP contribution in [0.15, 0.2) is 40.9 Å². The highest BCUT2D eigenvalue weighted by Gasteiger charge is 2.46. The molecule has 3 atom stereocenters. The number of rotatable bonds is 10. The summed E-state index contributed by atoms with van der Waals surface area (Å²) in [6.07, 6.45) is 4.66. The third-order valence-corrected chi connectivity index (χ3v) is 9.06. The minimum Gasteiger partial charge on any atom is -0.373 e. The fourth-order valence-electron chi connectivity index (χ4n) is 6.10. The second kappa shape index (κ2) is 11.0. The molecule has 8 nitrogen and oxygen atoms in total. The molecule has 0 radical (unpaired) electrons. The molecule has 6 rings (SSSR count). The highest BCUT2D eigenvalue weighted by molar-refractivity contribution is 7.89. The number of sulfonamides is 1. The third kappa shape index (κ3) is 5.98. The molecule has 3 aliphatic rings. The molecule has 41 heavy (non-hydrogen) atoms. The lowest BCUT2D eigenvalue weighted by Crippen LogP contribution is -2.39. The molecule has 2 aliphatic carbocycles. The standard InChI is InChI=1S/C29H30ClF2N3O5S/c1-41(37,38)34-26(36)10-6-16-5-9-24(23(32)11-16)35-14-18-12-19(35)13-25(18)39-15-20-28(33-40-29(20)17-7-8-17)27-21(30)3-2-4-22(27)31/h2-5,9,11,17-19,25H,6-8,10,12-15H2,1H3,(H,34,36)/t18-,19-,25+/m0/s1. The molecule has 0 spiro atoms. The molecular formula is C29H30ClF2N3O5S.